The lowest BCUT2D eigenvalue weighted by Gasteiger charge is -2.24. The van der Waals surface area contributed by atoms with E-state index in [1.54, 1.807) is 0 Å². The molecule has 2 saturated heterocycles. The van der Waals surface area contributed by atoms with E-state index >= 15 is 0 Å². The molecule has 1 N–H and O–H groups in total. The maximum atomic E-state index is 4.27. The van der Waals surface area contributed by atoms with Gasteiger partial charge < -0.3 is 10.2 Å². The fraction of sp³-hybridized carbons (Fsp3) is 0.529. The Balaban J connectivity index is 1.69. The third kappa shape index (κ3) is 2.84. The second-order valence-electron chi connectivity index (χ2n) is 5.79. The van der Waals surface area contributed by atoms with E-state index < -0.39 is 0 Å². The Kier molecular flexibility index (Phi) is 3.88. The topological polar surface area (TPSA) is 15.3 Å². The average molecular weight is 256 g/mol. The standard InChI is InChI=1S/C17H24N2/c1-14(19-12-2-3-13-19)15-4-6-16(7-5-15)17-8-10-18-11-9-17/h4-7,17-18H,1-3,8-13H2. The summed E-state index contributed by atoms with van der Waals surface area (Å²) < 4.78 is 0. The summed E-state index contributed by atoms with van der Waals surface area (Å²) in [4.78, 5) is 2.42. The van der Waals surface area contributed by atoms with E-state index in [0.717, 1.165) is 19.0 Å². The van der Waals surface area contributed by atoms with Crippen molar-refractivity contribution in [2.45, 2.75) is 31.6 Å². The lowest BCUT2D eigenvalue weighted by Crippen LogP contribution is -2.26. The van der Waals surface area contributed by atoms with Crippen LogP contribution in [0.25, 0.3) is 5.70 Å². The number of nitrogens with zero attached hydrogens (tertiary/aromatic N) is 1. The van der Waals surface area contributed by atoms with Crippen molar-refractivity contribution < 1.29 is 0 Å². The normalized spacial score (nSPS) is 20.7. The summed E-state index contributed by atoms with van der Waals surface area (Å²) in [6.07, 6.45) is 5.16. The van der Waals surface area contributed by atoms with Crippen molar-refractivity contribution in [2.24, 2.45) is 0 Å². The van der Waals surface area contributed by atoms with E-state index in [4.69, 9.17) is 0 Å². The molecular weight excluding hydrogens is 232 g/mol. The van der Waals surface area contributed by atoms with Crippen LogP contribution in [0, 0.1) is 0 Å². The SMILES string of the molecule is C=C(c1ccc(C2CCNCC2)cc1)N1CCCC1. The van der Waals surface area contributed by atoms with Crippen LogP contribution in [0.4, 0.5) is 0 Å². The highest BCUT2D eigenvalue weighted by Crippen LogP contribution is 2.28. The molecule has 0 unspecified atom stereocenters. The number of rotatable bonds is 3. The van der Waals surface area contributed by atoms with E-state index in [1.165, 1.54) is 55.6 Å². The van der Waals surface area contributed by atoms with Gasteiger partial charge in [0.05, 0.1) is 0 Å². The maximum Gasteiger partial charge on any atom is 0.0366 e. The molecule has 0 radical (unpaired) electrons. The average Bonchev–Trinajstić information content (AvgIpc) is 3.02. The van der Waals surface area contributed by atoms with Crippen LogP contribution in [0.2, 0.25) is 0 Å². The molecule has 2 fully saturated rings. The minimum absolute atomic E-state index is 0.746. The van der Waals surface area contributed by atoms with Crippen LogP contribution in [0.1, 0.15) is 42.7 Å². The Labute approximate surface area is 116 Å². The summed E-state index contributed by atoms with van der Waals surface area (Å²) in [6, 6.07) is 9.15. The van der Waals surface area contributed by atoms with Crippen LogP contribution in [-0.2, 0) is 0 Å². The summed E-state index contributed by atoms with van der Waals surface area (Å²) in [5.41, 5.74) is 3.99. The molecule has 0 aliphatic carbocycles. The zero-order valence-electron chi connectivity index (χ0n) is 11.7. The third-order valence-corrected chi connectivity index (χ3v) is 4.54. The molecule has 102 valence electrons. The monoisotopic (exact) mass is 256 g/mol. The smallest absolute Gasteiger partial charge is 0.0366 e. The van der Waals surface area contributed by atoms with E-state index in [0.29, 0.717) is 0 Å². The first-order valence-electron chi connectivity index (χ1n) is 7.59. The molecule has 2 aliphatic heterocycles. The summed E-state index contributed by atoms with van der Waals surface area (Å²) in [5.74, 6) is 0.746. The molecule has 1 aromatic carbocycles. The van der Waals surface area contributed by atoms with E-state index in [2.05, 4.69) is 41.1 Å². The van der Waals surface area contributed by atoms with Crippen LogP contribution >= 0.6 is 0 Å². The minimum atomic E-state index is 0.746. The number of hydrogen-bond acceptors (Lipinski definition) is 2. The number of benzene rings is 1. The Bertz CT molecular complexity index is 423. The van der Waals surface area contributed by atoms with Crippen molar-refractivity contribution in [2.75, 3.05) is 26.2 Å². The lowest BCUT2D eigenvalue weighted by molar-refractivity contribution is 0.460. The molecule has 0 saturated carbocycles. The van der Waals surface area contributed by atoms with Crippen LogP contribution < -0.4 is 5.32 Å². The largest absolute Gasteiger partial charge is 0.372 e. The fourth-order valence-corrected chi connectivity index (χ4v) is 3.27. The zero-order valence-corrected chi connectivity index (χ0v) is 11.7. The molecule has 2 aliphatic rings. The predicted octanol–water partition coefficient (Wildman–Crippen LogP) is 3.22. The van der Waals surface area contributed by atoms with Gasteiger partial charge in [0.25, 0.3) is 0 Å². The summed E-state index contributed by atoms with van der Waals surface area (Å²) in [6.45, 7) is 8.94. The molecule has 2 nitrogen and oxygen atoms in total. The van der Waals surface area contributed by atoms with Gasteiger partial charge in [-0.15, -0.1) is 0 Å². The first-order chi connectivity index (χ1) is 9.34. The first kappa shape index (κ1) is 12.7. The molecule has 0 aromatic heterocycles. The van der Waals surface area contributed by atoms with Crippen molar-refractivity contribution >= 4 is 5.70 Å². The van der Waals surface area contributed by atoms with Gasteiger partial charge in [0.2, 0.25) is 0 Å². The Morgan fingerprint density at radius 3 is 2.32 bits per heavy atom. The number of likely N-dealkylation sites (tertiary alicyclic amines) is 1. The van der Waals surface area contributed by atoms with Gasteiger partial charge >= 0.3 is 0 Å². The van der Waals surface area contributed by atoms with Crippen LogP contribution in [0.3, 0.4) is 0 Å². The lowest BCUT2D eigenvalue weighted by atomic mass is 9.89. The number of hydrogen-bond donors (Lipinski definition) is 1. The van der Waals surface area contributed by atoms with Crippen molar-refractivity contribution in [1.29, 1.82) is 0 Å². The van der Waals surface area contributed by atoms with Gasteiger partial charge in [-0.05, 0) is 55.8 Å². The van der Waals surface area contributed by atoms with Crippen molar-refractivity contribution in [1.82, 2.24) is 10.2 Å². The van der Waals surface area contributed by atoms with Gasteiger partial charge in [-0.3, -0.25) is 0 Å². The van der Waals surface area contributed by atoms with E-state index in [1.807, 2.05) is 0 Å². The fourth-order valence-electron chi connectivity index (χ4n) is 3.27. The van der Waals surface area contributed by atoms with Crippen LogP contribution in [0.15, 0.2) is 30.8 Å². The molecule has 19 heavy (non-hydrogen) atoms. The summed E-state index contributed by atoms with van der Waals surface area (Å²) in [7, 11) is 0. The Morgan fingerprint density at radius 1 is 1.05 bits per heavy atom. The molecule has 0 atom stereocenters. The van der Waals surface area contributed by atoms with Gasteiger partial charge in [0.1, 0.15) is 0 Å². The summed E-state index contributed by atoms with van der Waals surface area (Å²) in [5, 5.41) is 3.43. The molecule has 2 heteroatoms. The van der Waals surface area contributed by atoms with Crippen molar-refractivity contribution in [3.8, 4) is 0 Å². The minimum Gasteiger partial charge on any atom is -0.372 e. The van der Waals surface area contributed by atoms with Gasteiger partial charge in [-0.25, -0.2) is 0 Å². The maximum absolute atomic E-state index is 4.27. The highest BCUT2D eigenvalue weighted by Gasteiger charge is 2.17. The quantitative estimate of drug-likeness (QED) is 0.893. The zero-order chi connectivity index (χ0) is 13.1. The van der Waals surface area contributed by atoms with Gasteiger partial charge in [-0.2, -0.15) is 0 Å². The summed E-state index contributed by atoms with van der Waals surface area (Å²) >= 11 is 0. The number of nitrogens with one attached hydrogen (secondary N) is 1. The highest BCUT2D eigenvalue weighted by molar-refractivity contribution is 5.62. The predicted molar refractivity (Wildman–Crippen MR) is 81.1 cm³/mol. The highest BCUT2D eigenvalue weighted by atomic mass is 15.1. The van der Waals surface area contributed by atoms with E-state index in [9.17, 15) is 0 Å². The Hall–Kier alpha value is -1.28. The van der Waals surface area contributed by atoms with Gasteiger partial charge in [0.15, 0.2) is 0 Å². The van der Waals surface area contributed by atoms with Crippen molar-refractivity contribution in [3.05, 3.63) is 42.0 Å². The second-order valence-corrected chi connectivity index (χ2v) is 5.79. The first-order valence-corrected chi connectivity index (χ1v) is 7.59. The third-order valence-electron chi connectivity index (χ3n) is 4.54. The molecule has 1 aromatic rings. The van der Waals surface area contributed by atoms with Gasteiger partial charge in [0, 0.05) is 18.8 Å². The molecule has 2 heterocycles. The molecule has 3 rings (SSSR count). The Morgan fingerprint density at radius 2 is 1.68 bits per heavy atom. The van der Waals surface area contributed by atoms with Gasteiger partial charge in [-0.1, -0.05) is 30.8 Å². The van der Waals surface area contributed by atoms with Crippen LogP contribution in [-0.4, -0.2) is 31.1 Å². The molecule has 0 spiro atoms. The van der Waals surface area contributed by atoms with Crippen LogP contribution in [0.5, 0.6) is 0 Å². The molecule has 0 amide bonds. The second kappa shape index (κ2) is 5.79. The number of piperidine rings is 1. The molecule has 0 bridgehead atoms. The molecular formula is C17H24N2. The van der Waals surface area contributed by atoms with E-state index in [-0.39, 0.29) is 0 Å². The van der Waals surface area contributed by atoms with Crippen molar-refractivity contribution in [3.63, 3.8) is 0 Å².